The van der Waals surface area contributed by atoms with Gasteiger partial charge in [-0.15, -0.1) is 11.3 Å². The van der Waals surface area contributed by atoms with Crippen LogP contribution >= 0.6 is 33.9 Å². The highest BCUT2D eigenvalue weighted by molar-refractivity contribution is 14.1. The zero-order valence-corrected chi connectivity index (χ0v) is 14.0. The first-order chi connectivity index (χ1) is 9.61. The number of nitrogens with zero attached hydrogens (tertiary/aromatic N) is 1. The van der Waals surface area contributed by atoms with Crippen molar-refractivity contribution in [2.24, 2.45) is 0 Å². The number of halogens is 1. The van der Waals surface area contributed by atoms with Crippen molar-refractivity contribution in [3.8, 4) is 0 Å². The number of rotatable bonds is 6. The van der Waals surface area contributed by atoms with E-state index in [9.17, 15) is 10.1 Å². The Morgan fingerprint density at radius 2 is 2.25 bits per heavy atom. The Morgan fingerprint density at radius 1 is 1.45 bits per heavy atom. The second-order valence-electron chi connectivity index (χ2n) is 4.42. The molecule has 0 saturated carbocycles. The highest BCUT2D eigenvalue weighted by Gasteiger charge is 2.18. The fourth-order valence-electron chi connectivity index (χ4n) is 2.03. The quantitative estimate of drug-likeness (QED) is 0.410. The van der Waals surface area contributed by atoms with Gasteiger partial charge in [0, 0.05) is 14.5 Å². The van der Waals surface area contributed by atoms with E-state index in [0.717, 1.165) is 16.4 Å². The lowest BCUT2D eigenvalue weighted by Crippen LogP contribution is -2.10. The molecule has 1 aromatic heterocycles. The summed E-state index contributed by atoms with van der Waals surface area (Å²) in [6.45, 7) is 2.12. The van der Waals surface area contributed by atoms with Crippen LogP contribution in [0, 0.1) is 13.7 Å². The summed E-state index contributed by atoms with van der Waals surface area (Å²) in [5.74, 6) is 0. The molecule has 0 aliphatic rings. The molecule has 20 heavy (non-hydrogen) atoms. The van der Waals surface area contributed by atoms with E-state index in [2.05, 4.69) is 40.9 Å². The second-order valence-corrected chi connectivity index (χ2v) is 6.64. The lowest BCUT2D eigenvalue weighted by molar-refractivity contribution is -0.384. The van der Waals surface area contributed by atoms with Gasteiger partial charge in [-0.1, -0.05) is 19.4 Å². The molecule has 2 rings (SSSR count). The number of hydrogen-bond acceptors (Lipinski definition) is 4. The van der Waals surface area contributed by atoms with Crippen LogP contribution in [0.5, 0.6) is 0 Å². The van der Waals surface area contributed by atoms with Crippen LogP contribution in [0.3, 0.4) is 0 Å². The zero-order chi connectivity index (χ0) is 14.5. The van der Waals surface area contributed by atoms with Crippen LogP contribution in [0.15, 0.2) is 35.7 Å². The summed E-state index contributed by atoms with van der Waals surface area (Å²) in [5, 5.41) is 16.5. The maximum atomic E-state index is 11.2. The molecule has 0 aliphatic carbocycles. The van der Waals surface area contributed by atoms with Crippen LogP contribution in [-0.4, -0.2) is 4.92 Å². The number of benzene rings is 1. The van der Waals surface area contributed by atoms with Gasteiger partial charge in [-0.25, -0.2) is 0 Å². The van der Waals surface area contributed by atoms with Gasteiger partial charge in [0.1, 0.15) is 5.69 Å². The molecule has 106 valence electrons. The van der Waals surface area contributed by atoms with Crippen molar-refractivity contribution in [2.45, 2.75) is 25.8 Å². The van der Waals surface area contributed by atoms with Crippen LogP contribution < -0.4 is 5.32 Å². The number of anilines is 1. The van der Waals surface area contributed by atoms with E-state index in [1.54, 1.807) is 23.5 Å². The monoisotopic (exact) mass is 402 g/mol. The fraction of sp³-hybridized carbons (Fsp3) is 0.286. The summed E-state index contributed by atoms with van der Waals surface area (Å²) in [6.07, 6.45) is 1.97. The van der Waals surface area contributed by atoms with Gasteiger partial charge in [0.25, 0.3) is 5.69 Å². The van der Waals surface area contributed by atoms with Gasteiger partial charge in [0.05, 0.1) is 11.0 Å². The van der Waals surface area contributed by atoms with E-state index < -0.39 is 0 Å². The van der Waals surface area contributed by atoms with Gasteiger partial charge < -0.3 is 5.32 Å². The molecular weight excluding hydrogens is 387 g/mol. The molecule has 0 bridgehead atoms. The molecule has 0 aliphatic heterocycles. The molecule has 0 saturated heterocycles. The molecule has 4 nitrogen and oxygen atoms in total. The van der Waals surface area contributed by atoms with Crippen molar-refractivity contribution >= 4 is 45.3 Å². The first kappa shape index (κ1) is 15.2. The van der Waals surface area contributed by atoms with Crippen molar-refractivity contribution in [1.82, 2.24) is 0 Å². The van der Waals surface area contributed by atoms with Gasteiger partial charge in [0.2, 0.25) is 0 Å². The lowest BCUT2D eigenvalue weighted by atomic mass is 10.1. The summed E-state index contributed by atoms with van der Waals surface area (Å²) in [4.78, 5) is 12.0. The van der Waals surface area contributed by atoms with Crippen molar-refractivity contribution in [3.63, 3.8) is 0 Å². The molecule has 2 aromatic rings. The third-order valence-electron chi connectivity index (χ3n) is 2.95. The normalized spacial score (nSPS) is 12.1. The summed E-state index contributed by atoms with van der Waals surface area (Å²) in [6, 6.07) is 9.46. The first-order valence-electron chi connectivity index (χ1n) is 6.35. The molecule has 0 radical (unpaired) electrons. The minimum atomic E-state index is -0.331. The van der Waals surface area contributed by atoms with Crippen LogP contribution in [0.4, 0.5) is 11.4 Å². The van der Waals surface area contributed by atoms with Gasteiger partial charge in [-0.3, -0.25) is 10.1 Å². The molecule has 1 unspecified atom stereocenters. The van der Waals surface area contributed by atoms with E-state index >= 15 is 0 Å². The van der Waals surface area contributed by atoms with Crippen LogP contribution in [0.1, 0.15) is 30.7 Å². The number of nitro benzene ring substituents is 1. The molecule has 0 fully saturated rings. The largest absolute Gasteiger partial charge is 0.372 e. The van der Waals surface area contributed by atoms with Gasteiger partial charge >= 0.3 is 0 Å². The smallest absolute Gasteiger partial charge is 0.293 e. The van der Waals surface area contributed by atoms with Gasteiger partial charge in [-0.2, -0.15) is 0 Å². The predicted octanol–water partition coefficient (Wildman–Crippen LogP) is 5.21. The number of thiophene rings is 1. The van der Waals surface area contributed by atoms with E-state index in [1.165, 1.54) is 4.88 Å². The molecule has 1 aromatic carbocycles. The Balaban J connectivity index is 2.29. The summed E-state index contributed by atoms with van der Waals surface area (Å²) >= 11 is 3.76. The van der Waals surface area contributed by atoms with E-state index in [1.807, 2.05) is 17.5 Å². The average Bonchev–Trinajstić information content (AvgIpc) is 2.93. The highest BCUT2D eigenvalue weighted by atomic mass is 127. The van der Waals surface area contributed by atoms with Crippen molar-refractivity contribution in [1.29, 1.82) is 0 Å². The minimum Gasteiger partial charge on any atom is -0.372 e. The number of nitrogens with one attached hydrogen (secondary N) is 1. The Kier molecular flexibility index (Phi) is 5.36. The third-order valence-corrected chi connectivity index (χ3v) is 4.61. The molecule has 0 spiro atoms. The average molecular weight is 402 g/mol. The molecule has 1 atom stereocenters. The highest BCUT2D eigenvalue weighted by Crippen LogP contribution is 2.32. The Bertz CT molecular complexity index is 587. The van der Waals surface area contributed by atoms with Gasteiger partial charge in [-0.05, 0) is 52.6 Å². The summed E-state index contributed by atoms with van der Waals surface area (Å²) in [7, 11) is 0. The molecule has 0 amide bonds. The lowest BCUT2D eigenvalue weighted by Gasteiger charge is -2.18. The third kappa shape index (κ3) is 3.69. The van der Waals surface area contributed by atoms with Crippen LogP contribution in [-0.2, 0) is 0 Å². The maximum Gasteiger partial charge on any atom is 0.293 e. The maximum absolute atomic E-state index is 11.2. The standard InChI is InChI=1S/C14H15IN2O2S/c1-2-4-12(14-5-3-8-20-14)16-11-7-6-10(15)9-13(11)17(18)19/h3,5-9,12,16H,2,4H2,1H3. The van der Waals surface area contributed by atoms with Crippen LogP contribution in [0.25, 0.3) is 0 Å². The molecular formula is C14H15IN2O2S. The molecule has 6 heteroatoms. The second kappa shape index (κ2) is 7.03. The summed E-state index contributed by atoms with van der Waals surface area (Å²) < 4.78 is 0.864. The topological polar surface area (TPSA) is 55.2 Å². The Labute approximate surface area is 135 Å². The first-order valence-corrected chi connectivity index (χ1v) is 8.31. The number of hydrogen-bond donors (Lipinski definition) is 1. The van der Waals surface area contributed by atoms with Crippen molar-refractivity contribution < 1.29 is 4.92 Å². The van der Waals surface area contributed by atoms with E-state index in [-0.39, 0.29) is 16.7 Å². The molecule has 1 heterocycles. The zero-order valence-electron chi connectivity index (χ0n) is 11.0. The van der Waals surface area contributed by atoms with E-state index in [0.29, 0.717) is 5.69 Å². The predicted molar refractivity (Wildman–Crippen MR) is 91.4 cm³/mol. The summed E-state index contributed by atoms with van der Waals surface area (Å²) in [5.41, 5.74) is 0.719. The van der Waals surface area contributed by atoms with Crippen molar-refractivity contribution in [3.05, 3.63) is 54.3 Å². The van der Waals surface area contributed by atoms with Crippen molar-refractivity contribution in [2.75, 3.05) is 5.32 Å². The number of nitro groups is 1. The Morgan fingerprint density at radius 3 is 2.85 bits per heavy atom. The molecule has 1 N–H and O–H groups in total. The minimum absolute atomic E-state index is 0.124. The van der Waals surface area contributed by atoms with Crippen LogP contribution in [0.2, 0.25) is 0 Å². The SMILES string of the molecule is CCCC(Nc1ccc(I)cc1[N+](=O)[O-])c1cccs1. The van der Waals surface area contributed by atoms with Gasteiger partial charge in [0.15, 0.2) is 0 Å². The fourth-order valence-corrected chi connectivity index (χ4v) is 3.32. The Hall–Kier alpha value is -1.15. The van der Waals surface area contributed by atoms with E-state index in [4.69, 9.17) is 0 Å².